The lowest BCUT2D eigenvalue weighted by Gasteiger charge is -2.12. The van der Waals surface area contributed by atoms with E-state index in [9.17, 15) is 4.39 Å². The second-order valence-corrected chi connectivity index (χ2v) is 5.38. The van der Waals surface area contributed by atoms with E-state index in [4.69, 9.17) is 0 Å². The first-order valence-corrected chi connectivity index (χ1v) is 7.39. The molecule has 0 fully saturated rings. The summed E-state index contributed by atoms with van der Waals surface area (Å²) in [5.74, 6) is -0.245. The van der Waals surface area contributed by atoms with Gasteiger partial charge in [0.2, 0.25) is 0 Å². The lowest BCUT2D eigenvalue weighted by atomic mass is 10.2. The van der Waals surface area contributed by atoms with Crippen molar-refractivity contribution in [2.24, 2.45) is 0 Å². The quantitative estimate of drug-likeness (QED) is 0.874. The minimum Gasteiger partial charge on any atom is -0.308 e. The van der Waals surface area contributed by atoms with E-state index >= 15 is 0 Å². The molecule has 0 radical (unpaired) electrons. The summed E-state index contributed by atoms with van der Waals surface area (Å²) in [6, 6.07) is 6.71. The fourth-order valence-corrected chi connectivity index (χ4v) is 2.84. The number of nitrogens with zero attached hydrogens (tertiary/aromatic N) is 2. The number of benzene rings is 1. The number of nitrogens with one attached hydrogen (secondary N) is 1. The summed E-state index contributed by atoms with van der Waals surface area (Å²) in [5, 5.41) is 13.6. The Morgan fingerprint density at radius 3 is 2.84 bits per heavy atom. The van der Waals surface area contributed by atoms with Crippen molar-refractivity contribution < 1.29 is 4.39 Å². The van der Waals surface area contributed by atoms with E-state index in [1.54, 1.807) is 6.07 Å². The molecule has 1 atom stereocenters. The molecule has 1 aromatic heterocycles. The van der Waals surface area contributed by atoms with Crippen LogP contribution in [0.4, 0.5) is 4.39 Å². The molecule has 5 heteroatoms. The van der Waals surface area contributed by atoms with Gasteiger partial charge in [0.15, 0.2) is 0 Å². The summed E-state index contributed by atoms with van der Waals surface area (Å²) >= 11 is 1.53. The first kappa shape index (κ1) is 14.1. The highest BCUT2D eigenvalue weighted by molar-refractivity contribution is 7.14. The van der Waals surface area contributed by atoms with Crippen molar-refractivity contribution in [3.8, 4) is 10.6 Å². The lowest BCUT2D eigenvalue weighted by molar-refractivity contribution is 0.513. The maximum absolute atomic E-state index is 13.2. The van der Waals surface area contributed by atoms with Crippen molar-refractivity contribution >= 4 is 11.3 Å². The van der Waals surface area contributed by atoms with Gasteiger partial charge in [-0.15, -0.1) is 10.2 Å². The second-order valence-electron chi connectivity index (χ2n) is 4.37. The Hall–Kier alpha value is -1.33. The van der Waals surface area contributed by atoms with Crippen molar-refractivity contribution in [2.45, 2.75) is 32.7 Å². The van der Waals surface area contributed by atoms with Gasteiger partial charge in [-0.2, -0.15) is 0 Å². The van der Waals surface area contributed by atoms with Crippen molar-refractivity contribution in [3.63, 3.8) is 0 Å². The summed E-state index contributed by atoms with van der Waals surface area (Å²) in [6.45, 7) is 5.22. The van der Waals surface area contributed by atoms with E-state index in [-0.39, 0.29) is 11.9 Å². The van der Waals surface area contributed by atoms with E-state index < -0.39 is 0 Å². The Morgan fingerprint density at radius 1 is 1.32 bits per heavy atom. The van der Waals surface area contributed by atoms with E-state index in [2.05, 4.69) is 29.4 Å². The number of halogens is 1. The molecule has 19 heavy (non-hydrogen) atoms. The van der Waals surface area contributed by atoms with E-state index in [0.717, 1.165) is 35.0 Å². The number of hydrogen-bond donors (Lipinski definition) is 1. The standard InChI is InChI=1S/C14H18FN3S/c1-3-8-16-12(4-2)14-18-17-13(19-14)10-6-5-7-11(15)9-10/h5-7,9,12,16H,3-4,8H2,1-2H3. The van der Waals surface area contributed by atoms with Crippen LogP contribution in [0, 0.1) is 5.82 Å². The second kappa shape index (κ2) is 6.73. The van der Waals surface area contributed by atoms with E-state index in [1.807, 2.05) is 6.07 Å². The molecule has 0 aliphatic rings. The fraction of sp³-hybridized carbons (Fsp3) is 0.429. The van der Waals surface area contributed by atoms with Crippen LogP contribution in [-0.4, -0.2) is 16.7 Å². The van der Waals surface area contributed by atoms with Crippen molar-refractivity contribution in [2.75, 3.05) is 6.54 Å². The van der Waals surface area contributed by atoms with Crippen LogP contribution in [0.2, 0.25) is 0 Å². The molecule has 102 valence electrons. The lowest BCUT2D eigenvalue weighted by Crippen LogP contribution is -2.21. The molecule has 1 heterocycles. The molecule has 0 amide bonds. The Bertz CT molecular complexity index is 527. The predicted octanol–water partition coefficient (Wildman–Crippen LogP) is 3.79. The summed E-state index contributed by atoms with van der Waals surface area (Å²) in [6.07, 6.45) is 2.06. The molecule has 0 saturated heterocycles. The molecule has 2 aromatic rings. The third-order valence-corrected chi connectivity index (χ3v) is 3.95. The van der Waals surface area contributed by atoms with Crippen LogP contribution in [0.25, 0.3) is 10.6 Å². The first-order valence-electron chi connectivity index (χ1n) is 6.57. The van der Waals surface area contributed by atoms with Crippen LogP contribution in [0.5, 0.6) is 0 Å². The van der Waals surface area contributed by atoms with Gasteiger partial charge in [0.05, 0.1) is 6.04 Å². The molecule has 0 saturated carbocycles. The molecule has 0 aliphatic carbocycles. The van der Waals surface area contributed by atoms with Crippen molar-refractivity contribution in [3.05, 3.63) is 35.1 Å². The van der Waals surface area contributed by atoms with Crippen LogP contribution in [0.3, 0.4) is 0 Å². The van der Waals surface area contributed by atoms with Gasteiger partial charge in [-0.3, -0.25) is 0 Å². The highest BCUT2D eigenvalue weighted by Crippen LogP contribution is 2.28. The molecular weight excluding hydrogens is 261 g/mol. The Balaban J connectivity index is 2.18. The maximum Gasteiger partial charge on any atom is 0.147 e. The van der Waals surface area contributed by atoms with Gasteiger partial charge in [-0.1, -0.05) is 37.3 Å². The van der Waals surface area contributed by atoms with E-state index in [0.29, 0.717) is 0 Å². The summed E-state index contributed by atoms with van der Waals surface area (Å²) in [5.41, 5.74) is 0.786. The smallest absolute Gasteiger partial charge is 0.147 e. The van der Waals surface area contributed by atoms with Crippen LogP contribution in [0.15, 0.2) is 24.3 Å². The van der Waals surface area contributed by atoms with Gasteiger partial charge in [0, 0.05) is 5.56 Å². The summed E-state index contributed by atoms with van der Waals surface area (Å²) in [4.78, 5) is 0. The third-order valence-electron chi connectivity index (χ3n) is 2.86. The van der Waals surface area contributed by atoms with Gasteiger partial charge in [0.25, 0.3) is 0 Å². The van der Waals surface area contributed by atoms with Crippen LogP contribution in [0.1, 0.15) is 37.7 Å². The minimum atomic E-state index is -0.245. The Labute approximate surface area is 116 Å². The average molecular weight is 279 g/mol. The minimum absolute atomic E-state index is 0.236. The monoisotopic (exact) mass is 279 g/mol. The molecule has 0 aliphatic heterocycles. The number of hydrogen-bond acceptors (Lipinski definition) is 4. The maximum atomic E-state index is 13.2. The zero-order valence-corrected chi connectivity index (χ0v) is 12.0. The van der Waals surface area contributed by atoms with Gasteiger partial charge in [-0.05, 0) is 31.5 Å². The first-order chi connectivity index (χ1) is 9.24. The summed E-state index contributed by atoms with van der Waals surface area (Å²) in [7, 11) is 0. The summed E-state index contributed by atoms with van der Waals surface area (Å²) < 4.78 is 13.2. The Morgan fingerprint density at radius 2 is 2.16 bits per heavy atom. The number of aromatic nitrogens is 2. The third kappa shape index (κ3) is 3.58. The fourth-order valence-electron chi connectivity index (χ4n) is 1.84. The van der Waals surface area contributed by atoms with Gasteiger partial charge in [-0.25, -0.2) is 4.39 Å². The van der Waals surface area contributed by atoms with Gasteiger partial charge in [0.1, 0.15) is 15.8 Å². The SMILES string of the molecule is CCCNC(CC)c1nnc(-c2cccc(F)c2)s1. The zero-order chi connectivity index (χ0) is 13.7. The van der Waals surface area contributed by atoms with Crippen molar-refractivity contribution in [1.82, 2.24) is 15.5 Å². The predicted molar refractivity (Wildman–Crippen MR) is 76.6 cm³/mol. The Kier molecular flexibility index (Phi) is 4.99. The number of rotatable bonds is 6. The topological polar surface area (TPSA) is 37.8 Å². The zero-order valence-electron chi connectivity index (χ0n) is 11.2. The normalized spacial score (nSPS) is 12.6. The molecule has 0 bridgehead atoms. The van der Waals surface area contributed by atoms with Crippen LogP contribution >= 0.6 is 11.3 Å². The van der Waals surface area contributed by atoms with Crippen LogP contribution in [-0.2, 0) is 0 Å². The highest BCUT2D eigenvalue weighted by Gasteiger charge is 2.15. The van der Waals surface area contributed by atoms with Crippen molar-refractivity contribution in [1.29, 1.82) is 0 Å². The molecule has 1 aromatic carbocycles. The van der Waals surface area contributed by atoms with E-state index in [1.165, 1.54) is 23.5 Å². The molecule has 2 rings (SSSR count). The van der Waals surface area contributed by atoms with Gasteiger partial charge >= 0.3 is 0 Å². The van der Waals surface area contributed by atoms with Crippen LogP contribution < -0.4 is 5.32 Å². The highest BCUT2D eigenvalue weighted by atomic mass is 32.1. The largest absolute Gasteiger partial charge is 0.308 e. The molecule has 1 unspecified atom stereocenters. The van der Waals surface area contributed by atoms with Gasteiger partial charge < -0.3 is 5.32 Å². The molecule has 3 nitrogen and oxygen atoms in total. The molecule has 0 spiro atoms. The molecular formula is C14H18FN3S. The average Bonchev–Trinajstić information content (AvgIpc) is 2.89. The molecule has 1 N–H and O–H groups in total.